The van der Waals surface area contributed by atoms with E-state index in [0.717, 1.165) is 18.5 Å². The summed E-state index contributed by atoms with van der Waals surface area (Å²) in [5.74, 6) is 0.811. The first-order valence-electron chi connectivity index (χ1n) is 7.58. The molecular formula is C18H23N. The molecule has 2 atom stereocenters. The van der Waals surface area contributed by atoms with Crippen LogP contribution in [0.5, 0.6) is 0 Å². The highest BCUT2D eigenvalue weighted by Crippen LogP contribution is 2.31. The monoisotopic (exact) mass is 253 g/mol. The fraction of sp³-hybridized carbons (Fsp3) is 0.444. The van der Waals surface area contributed by atoms with Crippen molar-refractivity contribution in [1.29, 1.82) is 0 Å². The second-order valence-corrected chi connectivity index (χ2v) is 5.70. The molecule has 1 fully saturated rings. The van der Waals surface area contributed by atoms with Crippen molar-refractivity contribution in [3.05, 3.63) is 48.0 Å². The van der Waals surface area contributed by atoms with Crippen LogP contribution < -0.4 is 5.32 Å². The van der Waals surface area contributed by atoms with Gasteiger partial charge in [0, 0.05) is 6.04 Å². The molecule has 0 aliphatic heterocycles. The van der Waals surface area contributed by atoms with Crippen molar-refractivity contribution in [1.82, 2.24) is 5.32 Å². The average Bonchev–Trinajstić information content (AvgIpc) is 2.87. The number of rotatable bonds is 4. The average molecular weight is 253 g/mol. The molecule has 1 N–H and O–H groups in total. The third-order valence-corrected chi connectivity index (χ3v) is 4.49. The van der Waals surface area contributed by atoms with Crippen LogP contribution in [0.3, 0.4) is 0 Å². The van der Waals surface area contributed by atoms with Gasteiger partial charge in [0.05, 0.1) is 0 Å². The Morgan fingerprint density at radius 3 is 2.79 bits per heavy atom. The lowest BCUT2D eigenvalue weighted by Gasteiger charge is -2.21. The molecule has 0 bridgehead atoms. The number of fused-ring (bicyclic) bond motifs is 1. The van der Waals surface area contributed by atoms with Gasteiger partial charge in [0.2, 0.25) is 0 Å². The molecule has 19 heavy (non-hydrogen) atoms. The first kappa shape index (κ1) is 12.7. The van der Waals surface area contributed by atoms with Gasteiger partial charge >= 0.3 is 0 Å². The topological polar surface area (TPSA) is 12.0 Å². The van der Waals surface area contributed by atoms with Gasteiger partial charge in [-0.1, -0.05) is 55.8 Å². The van der Waals surface area contributed by atoms with Crippen LogP contribution in [0.4, 0.5) is 0 Å². The number of benzene rings is 2. The van der Waals surface area contributed by atoms with Gasteiger partial charge in [-0.15, -0.1) is 0 Å². The maximum atomic E-state index is 3.66. The summed E-state index contributed by atoms with van der Waals surface area (Å²) < 4.78 is 0. The zero-order valence-electron chi connectivity index (χ0n) is 11.7. The first-order valence-corrected chi connectivity index (χ1v) is 7.58. The molecule has 0 aromatic heterocycles. The Hall–Kier alpha value is -1.34. The summed E-state index contributed by atoms with van der Waals surface area (Å²) in [6.07, 6.45) is 5.33. The van der Waals surface area contributed by atoms with E-state index in [9.17, 15) is 0 Å². The number of hydrogen-bond acceptors (Lipinski definition) is 1. The minimum Gasteiger partial charge on any atom is -0.314 e. The molecule has 100 valence electrons. The minimum absolute atomic E-state index is 0.726. The summed E-state index contributed by atoms with van der Waals surface area (Å²) in [5.41, 5.74) is 1.52. The molecule has 0 radical (unpaired) electrons. The lowest BCUT2D eigenvalue weighted by molar-refractivity contribution is 0.407. The van der Waals surface area contributed by atoms with E-state index in [4.69, 9.17) is 0 Å². The second-order valence-electron chi connectivity index (χ2n) is 5.70. The third kappa shape index (κ3) is 2.66. The van der Waals surface area contributed by atoms with Gasteiger partial charge < -0.3 is 5.32 Å². The van der Waals surface area contributed by atoms with Gasteiger partial charge in [-0.05, 0) is 48.1 Å². The Labute approximate surface area is 116 Å². The van der Waals surface area contributed by atoms with Crippen LogP contribution in [-0.2, 0) is 6.42 Å². The third-order valence-electron chi connectivity index (χ3n) is 4.49. The van der Waals surface area contributed by atoms with Gasteiger partial charge in [0.15, 0.2) is 0 Å². The van der Waals surface area contributed by atoms with Crippen molar-refractivity contribution in [2.45, 2.75) is 38.6 Å². The Kier molecular flexibility index (Phi) is 3.84. The molecule has 2 aromatic rings. The Balaban J connectivity index is 1.85. The highest BCUT2D eigenvalue weighted by atomic mass is 14.9. The van der Waals surface area contributed by atoms with Crippen LogP contribution in [0.1, 0.15) is 31.7 Å². The molecule has 1 aliphatic rings. The molecule has 3 rings (SSSR count). The van der Waals surface area contributed by atoms with Gasteiger partial charge in [-0.2, -0.15) is 0 Å². The molecule has 0 spiro atoms. The summed E-state index contributed by atoms with van der Waals surface area (Å²) in [6.45, 7) is 3.31. The standard InChI is InChI=1S/C18H23N/c1-2-19-18-12-6-10-16(18)13-15-9-5-8-14-7-3-4-11-17(14)15/h3-5,7-9,11,16,18-19H,2,6,10,12-13H2,1H3. The van der Waals surface area contributed by atoms with E-state index in [1.54, 1.807) is 0 Å². The normalized spacial score (nSPS) is 23.0. The lowest BCUT2D eigenvalue weighted by atomic mass is 9.91. The van der Waals surface area contributed by atoms with Crippen LogP contribution in [0.25, 0.3) is 10.8 Å². The maximum Gasteiger partial charge on any atom is 0.00983 e. The Bertz CT molecular complexity index is 541. The summed E-state index contributed by atoms with van der Waals surface area (Å²) in [6, 6.07) is 16.2. The predicted octanol–water partition coefficient (Wildman–Crippen LogP) is 4.16. The SMILES string of the molecule is CCNC1CCCC1Cc1cccc2ccccc12. The van der Waals surface area contributed by atoms with E-state index in [1.807, 2.05) is 0 Å². The van der Waals surface area contributed by atoms with E-state index >= 15 is 0 Å². The smallest absolute Gasteiger partial charge is 0.00983 e. The first-order chi connectivity index (χ1) is 9.38. The summed E-state index contributed by atoms with van der Waals surface area (Å²) >= 11 is 0. The molecule has 1 saturated carbocycles. The van der Waals surface area contributed by atoms with E-state index in [1.165, 1.54) is 42.0 Å². The van der Waals surface area contributed by atoms with Crippen LogP contribution in [0.15, 0.2) is 42.5 Å². The molecule has 1 aliphatic carbocycles. The molecular weight excluding hydrogens is 230 g/mol. The Morgan fingerprint density at radius 2 is 1.89 bits per heavy atom. The zero-order valence-corrected chi connectivity index (χ0v) is 11.7. The van der Waals surface area contributed by atoms with Gasteiger partial charge in [-0.3, -0.25) is 0 Å². The highest BCUT2D eigenvalue weighted by molar-refractivity contribution is 5.85. The molecule has 1 heteroatoms. The van der Waals surface area contributed by atoms with Crippen molar-refractivity contribution >= 4 is 10.8 Å². The van der Waals surface area contributed by atoms with Crippen molar-refractivity contribution in [2.24, 2.45) is 5.92 Å². The van der Waals surface area contributed by atoms with E-state index < -0.39 is 0 Å². The summed E-state index contributed by atoms with van der Waals surface area (Å²) in [7, 11) is 0. The van der Waals surface area contributed by atoms with Crippen LogP contribution in [0, 0.1) is 5.92 Å². The lowest BCUT2D eigenvalue weighted by Crippen LogP contribution is -2.33. The minimum atomic E-state index is 0.726. The number of hydrogen-bond donors (Lipinski definition) is 1. The van der Waals surface area contributed by atoms with Gasteiger partial charge in [-0.25, -0.2) is 0 Å². The summed E-state index contributed by atoms with van der Waals surface area (Å²) in [4.78, 5) is 0. The van der Waals surface area contributed by atoms with Crippen molar-refractivity contribution < 1.29 is 0 Å². The molecule has 1 nitrogen and oxygen atoms in total. The van der Waals surface area contributed by atoms with Crippen molar-refractivity contribution in [3.63, 3.8) is 0 Å². The fourth-order valence-corrected chi connectivity index (χ4v) is 3.57. The second kappa shape index (κ2) is 5.75. The highest BCUT2D eigenvalue weighted by Gasteiger charge is 2.26. The van der Waals surface area contributed by atoms with Crippen molar-refractivity contribution in [2.75, 3.05) is 6.54 Å². The van der Waals surface area contributed by atoms with E-state index in [-0.39, 0.29) is 0 Å². The maximum absolute atomic E-state index is 3.66. The van der Waals surface area contributed by atoms with E-state index in [0.29, 0.717) is 0 Å². The van der Waals surface area contributed by atoms with Gasteiger partial charge in [0.25, 0.3) is 0 Å². The van der Waals surface area contributed by atoms with Crippen LogP contribution in [0.2, 0.25) is 0 Å². The molecule has 2 aromatic carbocycles. The quantitative estimate of drug-likeness (QED) is 0.862. The number of nitrogens with one attached hydrogen (secondary N) is 1. The van der Waals surface area contributed by atoms with Crippen LogP contribution >= 0.6 is 0 Å². The predicted molar refractivity (Wildman–Crippen MR) is 82.5 cm³/mol. The van der Waals surface area contributed by atoms with Crippen LogP contribution in [-0.4, -0.2) is 12.6 Å². The summed E-state index contributed by atoms with van der Waals surface area (Å²) in [5, 5.41) is 6.47. The van der Waals surface area contributed by atoms with Crippen molar-refractivity contribution in [3.8, 4) is 0 Å². The van der Waals surface area contributed by atoms with Gasteiger partial charge in [0.1, 0.15) is 0 Å². The zero-order chi connectivity index (χ0) is 13.1. The molecule has 0 saturated heterocycles. The fourth-order valence-electron chi connectivity index (χ4n) is 3.57. The molecule has 2 unspecified atom stereocenters. The van der Waals surface area contributed by atoms with E-state index in [2.05, 4.69) is 54.7 Å². The molecule has 0 amide bonds. The Morgan fingerprint density at radius 1 is 1.05 bits per heavy atom. The largest absolute Gasteiger partial charge is 0.314 e. The molecule has 0 heterocycles.